The fourth-order valence-corrected chi connectivity index (χ4v) is 4.02. The summed E-state index contributed by atoms with van der Waals surface area (Å²) in [6, 6.07) is 13.1. The number of aryl methyl sites for hydroxylation is 3. The number of guanidine groups is 1. The molecule has 0 bridgehead atoms. The van der Waals surface area contributed by atoms with Crippen molar-refractivity contribution < 1.29 is 0 Å². The molecule has 0 aliphatic heterocycles. The smallest absolute Gasteiger partial charge is 0.191 e. The first-order valence-corrected chi connectivity index (χ1v) is 10.6. The molecule has 2 heterocycles. The quantitative estimate of drug-likeness (QED) is 0.223. The Morgan fingerprint density at radius 3 is 2.80 bits per heavy atom. The van der Waals surface area contributed by atoms with Crippen LogP contribution < -0.4 is 10.6 Å². The van der Waals surface area contributed by atoms with E-state index in [4.69, 9.17) is 0 Å². The molecule has 1 aromatic carbocycles. The summed E-state index contributed by atoms with van der Waals surface area (Å²) >= 11 is 0. The number of nitrogens with one attached hydrogen (secondary N) is 2. The summed E-state index contributed by atoms with van der Waals surface area (Å²) in [5, 5.41) is 15.4. The van der Waals surface area contributed by atoms with Gasteiger partial charge in [-0.05, 0) is 67.9 Å². The van der Waals surface area contributed by atoms with Gasteiger partial charge in [0.1, 0.15) is 5.82 Å². The topological polar surface area (TPSA) is 66.6 Å². The zero-order valence-electron chi connectivity index (χ0n) is 17.8. The van der Waals surface area contributed by atoms with Crippen LogP contribution in [0.4, 0.5) is 0 Å². The fourth-order valence-electron chi connectivity index (χ4n) is 4.02. The van der Waals surface area contributed by atoms with Gasteiger partial charge >= 0.3 is 0 Å². The van der Waals surface area contributed by atoms with Gasteiger partial charge in [-0.15, -0.1) is 34.2 Å². The second kappa shape index (κ2) is 10.7. The van der Waals surface area contributed by atoms with Gasteiger partial charge in [-0.25, -0.2) is 0 Å². The highest BCUT2D eigenvalue weighted by molar-refractivity contribution is 14.0. The molecule has 0 saturated heterocycles. The number of nitrogens with zero attached hydrogens (tertiary/aromatic N) is 4. The summed E-state index contributed by atoms with van der Waals surface area (Å²) in [5.74, 6) is 1.83. The molecular weight excluding hydrogens is 487 g/mol. The maximum absolute atomic E-state index is 4.39. The highest BCUT2D eigenvalue weighted by Gasteiger charge is 2.13. The lowest BCUT2D eigenvalue weighted by Gasteiger charge is -2.21. The van der Waals surface area contributed by atoms with Crippen LogP contribution >= 0.6 is 24.0 Å². The van der Waals surface area contributed by atoms with Gasteiger partial charge in [-0.1, -0.05) is 24.3 Å². The van der Waals surface area contributed by atoms with Crippen LogP contribution in [0.25, 0.3) is 5.65 Å². The molecule has 0 radical (unpaired) electrons. The maximum Gasteiger partial charge on any atom is 0.191 e. The number of benzene rings is 1. The predicted octanol–water partition coefficient (Wildman–Crippen LogP) is 4.08. The zero-order valence-corrected chi connectivity index (χ0v) is 20.1. The first-order chi connectivity index (χ1) is 14.2. The van der Waals surface area contributed by atoms with Crippen molar-refractivity contribution in [1.29, 1.82) is 0 Å². The van der Waals surface area contributed by atoms with Crippen LogP contribution in [-0.4, -0.2) is 34.2 Å². The minimum atomic E-state index is 0. The van der Waals surface area contributed by atoms with E-state index in [-0.39, 0.29) is 30.0 Å². The third kappa shape index (κ3) is 5.30. The van der Waals surface area contributed by atoms with Crippen LogP contribution in [0.3, 0.4) is 0 Å². The van der Waals surface area contributed by atoms with Gasteiger partial charge in [0.25, 0.3) is 0 Å². The molecular formula is C23H31IN6. The highest BCUT2D eigenvalue weighted by atomic mass is 127. The molecule has 7 heteroatoms. The molecule has 6 nitrogen and oxygen atoms in total. The Kier molecular flexibility index (Phi) is 8.07. The number of hydrogen-bond donors (Lipinski definition) is 2. The molecule has 160 valence electrons. The Morgan fingerprint density at radius 2 is 1.97 bits per heavy atom. The Hall–Kier alpha value is -2.16. The average molecular weight is 518 g/mol. The third-order valence-corrected chi connectivity index (χ3v) is 5.70. The van der Waals surface area contributed by atoms with Crippen LogP contribution in [0.15, 0.2) is 47.6 Å². The highest BCUT2D eigenvalue weighted by Crippen LogP contribution is 2.24. The molecule has 4 rings (SSSR count). The van der Waals surface area contributed by atoms with Crippen LogP contribution in [0.2, 0.25) is 0 Å². The van der Waals surface area contributed by atoms with Gasteiger partial charge < -0.3 is 10.6 Å². The van der Waals surface area contributed by atoms with Gasteiger partial charge in [0.15, 0.2) is 11.6 Å². The molecule has 0 saturated carbocycles. The molecule has 3 aromatic rings. The second-order valence-corrected chi connectivity index (χ2v) is 7.75. The molecule has 2 aromatic heterocycles. The molecule has 0 spiro atoms. The first kappa shape index (κ1) is 22.5. The minimum absolute atomic E-state index is 0. The lowest BCUT2D eigenvalue weighted by atomic mass is 9.89. The molecule has 1 atom stereocenters. The van der Waals surface area contributed by atoms with E-state index < -0.39 is 0 Å². The minimum Gasteiger partial charge on any atom is -0.356 e. The summed E-state index contributed by atoms with van der Waals surface area (Å²) in [4.78, 5) is 4.39. The van der Waals surface area contributed by atoms with Gasteiger partial charge in [0, 0.05) is 26.2 Å². The largest absolute Gasteiger partial charge is 0.356 e. The molecule has 2 N–H and O–H groups in total. The normalized spacial score (nSPS) is 14.7. The van der Waals surface area contributed by atoms with Gasteiger partial charge in [-0.3, -0.25) is 9.39 Å². The average Bonchev–Trinajstić information content (AvgIpc) is 3.18. The van der Waals surface area contributed by atoms with E-state index in [2.05, 4.69) is 50.9 Å². The van der Waals surface area contributed by atoms with Crippen molar-refractivity contribution in [3.05, 3.63) is 65.1 Å². The van der Waals surface area contributed by atoms with Crippen LogP contribution in [0.1, 0.15) is 54.7 Å². The predicted molar refractivity (Wildman–Crippen MR) is 133 cm³/mol. The van der Waals surface area contributed by atoms with Crippen molar-refractivity contribution in [3.63, 3.8) is 0 Å². The van der Waals surface area contributed by atoms with Crippen LogP contribution in [-0.2, 0) is 19.3 Å². The van der Waals surface area contributed by atoms with Crippen molar-refractivity contribution in [3.8, 4) is 0 Å². The van der Waals surface area contributed by atoms with Crippen LogP contribution in [0.5, 0.6) is 0 Å². The Balaban J connectivity index is 0.00000256. The van der Waals surface area contributed by atoms with E-state index in [0.717, 1.165) is 36.8 Å². The van der Waals surface area contributed by atoms with Gasteiger partial charge in [0.05, 0.1) is 6.04 Å². The molecule has 30 heavy (non-hydrogen) atoms. The summed E-state index contributed by atoms with van der Waals surface area (Å²) < 4.78 is 2.05. The lowest BCUT2D eigenvalue weighted by Crippen LogP contribution is -2.39. The molecule has 0 fully saturated rings. The van der Waals surface area contributed by atoms with E-state index >= 15 is 0 Å². The number of fused-ring (bicyclic) bond motifs is 2. The summed E-state index contributed by atoms with van der Waals surface area (Å²) in [6.07, 6.45) is 8.91. The van der Waals surface area contributed by atoms with E-state index in [1.165, 1.54) is 42.4 Å². The molecule has 1 unspecified atom stereocenters. The summed E-state index contributed by atoms with van der Waals surface area (Å²) in [5.41, 5.74) is 5.26. The second-order valence-electron chi connectivity index (χ2n) is 7.75. The van der Waals surface area contributed by atoms with Crippen molar-refractivity contribution in [2.45, 2.75) is 51.5 Å². The Bertz CT molecular complexity index is 996. The number of aliphatic imine (C=N–C) groups is 1. The number of hydrogen-bond acceptors (Lipinski definition) is 3. The van der Waals surface area contributed by atoms with E-state index in [0.29, 0.717) is 0 Å². The van der Waals surface area contributed by atoms with E-state index in [1.54, 1.807) is 0 Å². The van der Waals surface area contributed by atoms with Gasteiger partial charge in [0.2, 0.25) is 0 Å². The molecule has 0 amide bonds. The molecule has 1 aliphatic carbocycles. The van der Waals surface area contributed by atoms with E-state index in [1.807, 2.05) is 35.8 Å². The standard InChI is InChI=1S/C23H30N6.HI/c1-17(19-13-12-18-8-3-4-9-20(18)16-19)26-23(24-2)25-14-7-11-22-28-27-21-10-5-6-15-29(21)22;/h5-6,10,12-13,15-17H,3-4,7-9,11,14H2,1-2H3,(H2,24,25,26);1H. The monoisotopic (exact) mass is 518 g/mol. The van der Waals surface area contributed by atoms with Crippen molar-refractivity contribution in [1.82, 2.24) is 25.2 Å². The fraction of sp³-hybridized carbons (Fsp3) is 0.435. The number of halogens is 1. The summed E-state index contributed by atoms with van der Waals surface area (Å²) in [6.45, 7) is 3.03. The number of rotatable bonds is 6. The lowest BCUT2D eigenvalue weighted by molar-refractivity contribution is 0.657. The number of aromatic nitrogens is 3. The van der Waals surface area contributed by atoms with Crippen molar-refractivity contribution in [2.24, 2.45) is 4.99 Å². The number of pyridine rings is 1. The Morgan fingerprint density at radius 1 is 1.13 bits per heavy atom. The Labute approximate surface area is 195 Å². The van der Waals surface area contributed by atoms with Crippen molar-refractivity contribution in [2.75, 3.05) is 13.6 Å². The van der Waals surface area contributed by atoms with Crippen molar-refractivity contribution >= 4 is 35.6 Å². The summed E-state index contributed by atoms with van der Waals surface area (Å²) in [7, 11) is 1.82. The SMILES string of the molecule is CN=C(NCCCc1nnc2ccccn12)NC(C)c1ccc2c(c1)CCCC2.I. The molecule has 1 aliphatic rings. The van der Waals surface area contributed by atoms with E-state index in [9.17, 15) is 0 Å². The third-order valence-electron chi connectivity index (χ3n) is 5.70. The maximum atomic E-state index is 4.39. The van der Waals surface area contributed by atoms with Gasteiger partial charge in [-0.2, -0.15) is 0 Å². The first-order valence-electron chi connectivity index (χ1n) is 10.6. The van der Waals surface area contributed by atoms with Crippen LogP contribution in [0, 0.1) is 0 Å². The zero-order chi connectivity index (χ0) is 20.1.